The van der Waals surface area contributed by atoms with E-state index in [1.165, 1.54) is 29.6 Å². The van der Waals surface area contributed by atoms with Gasteiger partial charge in [-0.1, -0.05) is 6.07 Å². The van der Waals surface area contributed by atoms with E-state index >= 15 is 0 Å². The maximum Gasteiger partial charge on any atom is 0.259 e. The number of hydrogen-bond donors (Lipinski definition) is 1. The SMILES string of the molecule is CCOc1cccc(NC(=O)c2cc(S(=O)(=O)N3CCOCC3)ccc2OC)c1. The number of nitrogens with zero attached hydrogens (tertiary/aromatic N) is 1. The zero-order chi connectivity index (χ0) is 20.9. The topological polar surface area (TPSA) is 94.2 Å². The maximum absolute atomic E-state index is 12.9. The van der Waals surface area contributed by atoms with Gasteiger partial charge in [-0.15, -0.1) is 0 Å². The van der Waals surface area contributed by atoms with Crippen LogP contribution in [0.15, 0.2) is 47.4 Å². The highest BCUT2D eigenvalue weighted by Crippen LogP contribution is 2.26. The first-order valence-electron chi connectivity index (χ1n) is 9.26. The Kier molecular flexibility index (Phi) is 6.73. The third kappa shape index (κ3) is 4.87. The summed E-state index contributed by atoms with van der Waals surface area (Å²) >= 11 is 0. The zero-order valence-corrected chi connectivity index (χ0v) is 17.2. The van der Waals surface area contributed by atoms with Gasteiger partial charge in [-0.2, -0.15) is 4.31 Å². The van der Waals surface area contributed by atoms with Gasteiger partial charge in [0.15, 0.2) is 0 Å². The summed E-state index contributed by atoms with van der Waals surface area (Å²) in [5, 5.41) is 2.76. The molecular weight excluding hydrogens is 396 g/mol. The van der Waals surface area contributed by atoms with Crippen molar-refractivity contribution in [3.8, 4) is 11.5 Å². The summed E-state index contributed by atoms with van der Waals surface area (Å²) in [6.45, 7) is 3.63. The molecule has 29 heavy (non-hydrogen) atoms. The van der Waals surface area contributed by atoms with Gasteiger partial charge in [-0.3, -0.25) is 4.79 Å². The third-order valence-corrected chi connectivity index (χ3v) is 6.32. The van der Waals surface area contributed by atoms with Gasteiger partial charge in [0.05, 0.1) is 37.4 Å². The summed E-state index contributed by atoms with van der Waals surface area (Å²) in [4.78, 5) is 12.9. The lowest BCUT2D eigenvalue weighted by molar-refractivity contribution is 0.0730. The quantitative estimate of drug-likeness (QED) is 0.739. The van der Waals surface area contributed by atoms with Gasteiger partial charge in [0.1, 0.15) is 11.5 Å². The van der Waals surface area contributed by atoms with Gasteiger partial charge in [-0.25, -0.2) is 8.42 Å². The molecule has 0 saturated carbocycles. The van der Waals surface area contributed by atoms with Crippen molar-refractivity contribution < 1.29 is 27.4 Å². The highest BCUT2D eigenvalue weighted by molar-refractivity contribution is 7.89. The summed E-state index contributed by atoms with van der Waals surface area (Å²) in [5.74, 6) is 0.430. The van der Waals surface area contributed by atoms with Crippen LogP contribution in [0.4, 0.5) is 5.69 Å². The van der Waals surface area contributed by atoms with Crippen LogP contribution in [0, 0.1) is 0 Å². The largest absolute Gasteiger partial charge is 0.496 e. The van der Waals surface area contributed by atoms with Crippen LogP contribution in [0.1, 0.15) is 17.3 Å². The lowest BCUT2D eigenvalue weighted by Crippen LogP contribution is -2.40. The molecular formula is C20H24N2O6S. The van der Waals surface area contributed by atoms with Gasteiger partial charge >= 0.3 is 0 Å². The van der Waals surface area contributed by atoms with Gasteiger partial charge in [0, 0.05) is 24.8 Å². The standard InChI is InChI=1S/C20H24N2O6S/c1-3-28-16-6-4-5-15(13-16)21-20(23)18-14-17(7-8-19(18)26-2)29(24,25)22-9-11-27-12-10-22/h4-8,13-14H,3,9-12H2,1-2H3,(H,21,23). The van der Waals surface area contributed by atoms with Crippen molar-refractivity contribution in [1.29, 1.82) is 0 Å². The number of carbonyl (C=O) groups excluding carboxylic acids is 1. The smallest absolute Gasteiger partial charge is 0.259 e. The van der Waals surface area contributed by atoms with Crippen LogP contribution >= 0.6 is 0 Å². The summed E-state index contributed by atoms with van der Waals surface area (Å²) in [6.07, 6.45) is 0. The second-order valence-electron chi connectivity index (χ2n) is 6.29. The molecule has 156 valence electrons. The molecule has 0 spiro atoms. The average Bonchev–Trinajstić information content (AvgIpc) is 2.74. The van der Waals surface area contributed by atoms with Crippen molar-refractivity contribution in [3.63, 3.8) is 0 Å². The minimum absolute atomic E-state index is 0.0356. The summed E-state index contributed by atoms with van der Waals surface area (Å²) in [6, 6.07) is 11.2. The second kappa shape index (κ2) is 9.25. The second-order valence-corrected chi connectivity index (χ2v) is 8.23. The van der Waals surface area contributed by atoms with Gasteiger partial charge < -0.3 is 19.5 Å². The van der Waals surface area contributed by atoms with E-state index in [4.69, 9.17) is 14.2 Å². The molecule has 0 atom stereocenters. The van der Waals surface area contributed by atoms with Crippen LogP contribution in [-0.2, 0) is 14.8 Å². The van der Waals surface area contributed by atoms with E-state index in [1.54, 1.807) is 24.3 Å². The van der Waals surface area contributed by atoms with Crippen molar-refractivity contribution in [2.75, 3.05) is 45.3 Å². The normalized spacial score (nSPS) is 15.0. The molecule has 1 aliphatic rings. The van der Waals surface area contributed by atoms with E-state index in [1.807, 2.05) is 6.92 Å². The van der Waals surface area contributed by atoms with Crippen LogP contribution in [0.3, 0.4) is 0 Å². The van der Waals surface area contributed by atoms with Crippen LogP contribution in [0.5, 0.6) is 11.5 Å². The highest BCUT2D eigenvalue weighted by atomic mass is 32.2. The zero-order valence-electron chi connectivity index (χ0n) is 16.4. The van der Waals surface area contributed by atoms with E-state index in [0.717, 1.165) is 0 Å². The number of anilines is 1. The van der Waals surface area contributed by atoms with Crippen molar-refractivity contribution >= 4 is 21.6 Å². The van der Waals surface area contributed by atoms with E-state index in [2.05, 4.69) is 5.32 Å². The number of carbonyl (C=O) groups is 1. The molecule has 1 N–H and O–H groups in total. The van der Waals surface area contributed by atoms with Gasteiger partial charge in [0.25, 0.3) is 5.91 Å². The van der Waals surface area contributed by atoms with Crippen LogP contribution in [-0.4, -0.2) is 58.7 Å². The average molecular weight is 420 g/mol. The minimum atomic E-state index is -3.73. The van der Waals surface area contributed by atoms with E-state index in [9.17, 15) is 13.2 Å². The molecule has 1 heterocycles. The van der Waals surface area contributed by atoms with E-state index in [0.29, 0.717) is 31.3 Å². The highest BCUT2D eigenvalue weighted by Gasteiger charge is 2.28. The lowest BCUT2D eigenvalue weighted by atomic mass is 10.2. The molecule has 0 unspecified atom stereocenters. The summed E-state index contributed by atoms with van der Waals surface area (Å²) < 4.78 is 43.1. The van der Waals surface area contributed by atoms with Gasteiger partial charge in [-0.05, 0) is 37.3 Å². The molecule has 1 fully saturated rings. The first kappa shape index (κ1) is 21.1. The van der Waals surface area contributed by atoms with Crippen molar-refractivity contribution in [3.05, 3.63) is 48.0 Å². The molecule has 2 aromatic carbocycles. The van der Waals surface area contributed by atoms with Crippen molar-refractivity contribution in [2.24, 2.45) is 0 Å². The predicted molar refractivity (Wildman–Crippen MR) is 108 cm³/mol. The van der Waals surface area contributed by atoms with Crippen LogP contribution in [0.25, 0.3) is 0 Å². The van der Waals surface area contributed by atoms with Crippen LogP contribution in [0.2, 0.25) is 0 Å². The Morgan fingerprint density at radius 1 is 1.17 bits per heavy atom. The predicted octanol–water partition coefficient (Wildman–Crippen LogP) is 2.37. The number of morpholine rings is 1. The molecule has 1 saturated heterocycles. The number of benzene rings is 2. The Labute approximate surface area is 170 Å². The lowest BCUT2D eigenvalue weighted by Gasteiger charge is -2.26. The number of rotatable bonds is 7. The number of methoxy groups -OCH3 is 1. The number of ether oxygens (including phenoxy) is 3. The molecule has 0 aliphatic carbocycles. The molecule has 0 aromatic heterocycles. The Bertz CT molecular complexity index is 971. The minimum Gasteiger partial charge on any atom is -0.496 e. The van der Waals surface area contributed by atoms with Crippen molar-refractivity contribution in [2.45, 2.75) is 11.8 Å². The summed E-state index contributed by atoms with van der Waals surface area (Å²) in [7, 11) is -2.30. The molecule has 2 aromatic rings. The number of sulfonamides is 1. The fourth-order valence-electron chi connectivity index (χ4n) is 2.99. The molecule has 1 amide bonds. The summed E-state index contributed by atoms with van der Waals surface area (Å²) in [5.41, 5.74) is 0.660. The third-order valence-electron chi connectivity index (χ3n) is 4.43. The number of hydrogen-bond acceptors (Lipinski definition) is 6. The molecule has 8 nitrogen and oxygen atoms in total. The van der Waals surface area contributed by atoms with E-state index < -0.39 is 15.9 Å². The monoisotopic (exact) mass is 420 g/mol. The number of nitrogens with one attached hydrogen (secondary N) is 1. The first-order chi connectivity index (χ1) is 14.0. The molecule has 9 heteroatoms. The van der Waals surface area contributed by atoms with Crippen LogP contribution < -0.4 is 14.8 Å². The Morgan fingerprint density at radius 3 is 2.62 bits per heavy atom. The fraction of sp³-hybridized carbons (Fsp3) is 0.350. The number of amides is 1. The Morgan fingerprint density at radius 2 is 1.93 bits per heavy atom. The molecule has 0 radical (unpaired) electrons. The Hall–Kier alpha value is -2.62. The Balaban J connectivity index is 1.88. The van der Waals surface area contributed by atoms with E-state index in [-0.39, 0.29) is 29.3 Å². The fourth-order valence-corrected chi connectivity index (χ4v) is 4.42. The maximum atomic E-state index is 12.9. The van der Waals surface area contributed by atoms with Gasteiger partial charge in [0.2, 0.25) is 10.0 Å². The molecule has 0 bridgehead atoms. The molecule has 1 aliphatic heterocycles. The first-order valence-corrected chi connectivity index (χ1v) is 10.7. The van der Waals surface area contributed by atoms with Crippen molar-refractivity contribution in [1.82, 2.24) is 4.31 Å². The molecule has 3 rings (SSSR count).